The minimum absolute atomic E-state index is 0.0841. The predicted octanol–water partition coefficient (Wildman–Crippen LogP) is 3.91. The van der Waals surface area contributed by atoms with E-state index >= 15 is 0 Å². The lowest BCUT2D eigenvalue weighted by Crippen LogP contribution is -2.54. The van der Waals surface area contributed by atoms with E-state index < -0.39 is 5.91 Å². The quantitative estimate of drug-likeness (QED) is 0.678. The molecule has 0 radical (unpaired) electrons. The van der Waals surface area contributed by atoms with E-state index in [2.05, 4.69) is 53.5 Å². The molecule has 7 heteroatoms. The molecule has 0 saturated carbocycles. The Hall–Kier alpha value is -3.09. The summed E-state index contributed by atoms with van der Waals surface area (Å²) in [5, 5.41) is 14.5. The van der Waals surface area contributed by atoms with Crippen LogP contribution in [0, 0.1) is 0 Å². The number of anilines is 1. The molecule has 146 valence electrons. The molecule has 1 fully saturated rings. The lowest BCUT2D eigenvalue weighted by molar-refractivity contribution is -0.104. The van der Waals surface area contributed by atoms with Crippen LogP contribution in [0.2, 0.25) is 0 Å². The molecule has 1 aliphatic heterocycles. The SMILES string of the molecule is CC(C)(C)c1ccc(OC2(Oc3ccccc3)CCCN2c2nn[nH]n2)cc1. The number of rotatable bonds is 5. The number of H-pyrrole nitrogens is 1. The summed E-state index contributed by atoms with van der Waals surface area (Å²) < 4.78 is 12.8. The lowest BCUT2D eigenvalue weighted by Gasteiger charge is -2.37. The van der Waals surface area contributed by atoms with Crippen LogP contribution in [-0.2, 0) is 5.41 Å². The van der Waals surface area contributed by atoms with Gasteiger partial charge in [0.2, 0.25) is 0 Å². The highest BCUT2D eigenvalue weighted by Crippen LogP contribution is 2.37. The predicted molar refractivity (Wildman–Crippen MR) is 106 cm³/mol. The maximum Gasteiger partial charge on any atom is 0.340 e. The molecule has 0 spiro atoms. The second-order valence-corrected chi connectivity index (χ2v) is 7.97. The fourth-order valence-corrected chi connectivity index (χ4v) is 3.40. The molecule has 3 aromatic rings. The Morgan fingerprint density at radius 3 is 2.25 bits per heavy atom. The van der Waals surface area contributed by atoms with Crippen molar-refractivity contribution in [1.29, 1.82) is 0 Å². The number of para-hydroxylation sites is 1. The fourth-order valence-electron chi connectivity index (χ4n) is 3.40. The molecule has 7 nitrogen and oxygen atoms in total. The van der Waals surface area contributed by atoms with Gasteiger partial charge in [-0.3, -0.25) is 4.90 Å². The summed E-state index contributed by atoms with van der Waals surface area (Å²) in [6, 6.07) is 17.8. The third-order valence-electron chi connectivity index (χ3n) is 4.88. The van der Waals surface area contributed by atoms with Crippen molar-refractivity contribution < 1.29 is 9.47 Å². The molecule has 2 heterocycles. The van der Waals surface area contributed by atoms with Crippen LogP contribution < -0.4 is 14.4 Å². The third-order valence-corrected chi connectivity index (χ3v) is 4.88. The molecular weight excluding hydrogens is 354 g/mol. The van der Waals surface area contributed by atoms with Crippen molar-refractivity contribution in [1.82, 2.24) is 20.6 Å². The molecule has 0 aliphatic carbocycles. The zero-order chi connectivity index (χ0) is 19.6. The first-order chi connectivity index (χ1) is 13.5. The van der Waals surface area contributed by atoms with Gasteiger partial charge in [-0.25, -0.2) is 0 Å². The number of hydrogen-bond acceptors (Lipinski definition) is 6. The summed E-state index contributed by atoms with van der Waals surface area (Å²) in [7, 11) is 0. The second kappa shape index (κ2) is 7.14. The number of nitrogens with zero attached hydrogens (tertiary/aromatic N) is 4. The molecule has 4 rings (SSSR count). The van der Waals surface area contributed by atoms with Gasteiger partial charge in [-0.1, -0.05) is 56.2 Å². The normalized spacial score (nSPS) is 19.6. The van der Waals surface area contributed by atoms with Crippen LogP contribution in [0.1, 0.15) is 39.2 Å². The van der Waals surface area contributed by atoms with Crippen LogP contribution in [0.5, 0.6) is 11.5 Å². The first-order valence-corrected chi connectivity index (χ1v) is 9.51. The summed E-state index contributed by atoms with van der Waals surface area (Å²) in [5.41, 5.74) is 1.33. The van der Waals surface area contributed by atoms with E-state index in [1.54, 1.807) is 0 Å². The third kappa shape index (κ3) is 3.65. The first kappa shape index (κ1) is 18.3. The fraction of sp³-hybridized carbons (Fsp3) is 0.381. The van der Waals surface area contributed by atoms with Gasteiger partial charge in [-0.2, -0.15) is 5.21 Å². The van der Waals surface area contributed by atoms with E-state index in [0.29, 0.717) is 18.9 Å². The van der Waals surface area contributed by atoms with Gasteiger partial charge in [0, 0.05) is 13.0 Å². The monoisotopic (exact) mass is 379 g/mol. The van der Waals surface area contributed by atoms with Crippen molar-refractivity contribution in [2.75, 3.05) is 11.4 Å². The summed E-state index contributed by atoms with van der Waals surface area (Å²) in [4.78, 5) is 1.92. The lowest BCUT2D eigenvalue weighted by atomic mass is 9.87. The molecule has 1 N–H and O–H groups in total. The van der Waals surface area contributed by atoms with Gasteiger partial charge in [0.05, 0.1) is 0 Å². The highest BCUT2D eigenvalue weighted by Gasteiger charge is 2.48. The number of ether oxygens (including phenoxy) is 2. The number of hydrogen-bond donors (Lipinski definition) is 1. The minimum Gasteiger partial charge on any atom is -0.435 e. The van der Waals surface area contributed by atoms with Gasteiger partial charge >= 0.3 is 5.91 Å². The Morgan fingerprint density at radius 1 is 0.964 bits per heavy atom. The molecule has 0 bridgehead atoms. The molecule has 1 unspecified atom stereocenters. The number of tetrazole rings is 1. The van der Waals surface area contributed by atoms with Crippen LogP contribution in [0.3, 0.4) is 0 Å². The summed E-state index contributed by atoms with van der Waals surface area (Å²) >= 11 is 0. The van der Waals surface area contributed by atoms with Crippen molar-refractivity contribution >= 4 is 5.95 Å². The van der Waals surface area contributed by atoms with Crippen molar-refractivity contribution in [2.45, 2.75) is 44.9 Å². The Balaban J connectivity index is 1.67. The van der Waals surface area contributed by atoms with E-state index in [9.17, 15) is 0 Å². The van der Waals surface area contributed by atoms with E-state index in [-0.39, 0.29) is 5.41 Å². The molecule has 0 amide bonds. The second-order valence-electron chi connectivity index (χ2n) is 7.97. The van der Waals surface area contributed by atoms with Crippen LogP contribution >= 0.6 is 0 Å². The largest absolute Gasteiger partial charge is 0.435 e. The number of benzene rings is 2. The van der Waals surface area contributed by atoms with Crippen molar-refractivity contribution in [3.8, 4) is 11.5 Å². The van der Waals surface area contributed by atoms with Gasteiger partial charge in [0.25, 0.3) is 5.95 Å². The number of aromatic nitrogens is 4. The van der Waals surface area contributed by atoms with E-state index in [0.717, 1.165) is 17.9 Å². The molecule has 1 saturated heterocycles. The average Bonchev–Trinajstić information content (AvgIpc) is 3.32. The summed E-state index contributed by atoms with van der Waals surface area (Å²) in [6.07, 6.45) is 1.57. The standard InChI is InChI=1S/C21H25N5O2/c1-20(2,3)16-10-12-18(13-11-16)28-21(27-17-8-5-4-6-9-17)14-7-15-26(21)19-22-24-25-23-19/h4-6,8-13H,7,14-15H2,1-3H3,(H,22,23,24,25). The molecule has 1 aliphatic rings. The maximum absolute atomic E-state index is 6.45. The Kier molecular flexibility index (Phi) is 4.66. The van der Waals surface area contributed by atoms with Gasteiger partial charge in [0.1, 0.15) is 11.5 Å². The van der Waals surface area contributed by atoms with Crippen LogP contribution in [0.25, 0.3) is 0 Å². The van der Waals surface area contributed by atoms with Crippen molar-refractivity contribution in [3.05, 3.63) is 60.2 Å². The molecule has 1 atom stereocenters. The molecule has 28 heavy (non-hydrogen) atoms. The smallest absolute Gasteiger partial charge is 0.340 e. The Labute approximate surface area is 164 Å². The number of aromatic amines is 1. The summed E-state index contributed by atoms with van der Waals surface area (Å²) in [5.74, 6) is 0.886. The molecule has 1 aromatic heterocycles. The maximum atomic E-state index is 6.45. The van der Waals surface area contributed by atoms with Crippen LogP contribution in [0.4, 0.5) is 5.95 Å². The minimum atomic E-state index is -1.03. The highest BCUT2D eigenvalue weighted by atomic mass is 16.7. The van der Waals surface area contributed by atoms with Crippen molar-refractivity contribution in [2.24, 2.45) is 0 Å². The zero-order valence-corrected chi connectivity index (χ0v) is 16.4. The summed E-state index contributed by atoms with van der Waals surface area (Å²) in [6.45, 7) is 7.29. The Morgan fingerprint density at radius 2 is 1.64 bits per heavy atom. The van der Waals surface area contributed by atoms with Gasteiger partial charge in [-0.05, 0) is 46.9 Å². The van der Waals surface area contributed by atoms with Crippen LogP contribution in [-0.4, -0.2) is 33.1 Å². The molecule has 2 aromatic carbocycles. The van der Waals surface area contributed by atoms with E-state index in [1.807, 2.05) is 47.4 Å². The first-order valence-electron chi connectivity index (χ1n) is 9.51. The van der Waals surface area contributed by atoms with E-state index in [4.69, 9.17) is 9.47 Å². The highest BCUT2D eigenvalue weighted by molar-refractivity contribution is 5.37. The number of nitrogens with one attached hydrogen (secondary N) is 1. The average molecular weight is 379 g/mol. The zero-order valence-electron chi connectivity index (χ0n) is 16.4. The molecular formula is C21H25N5O2. The van der Waals surface area contributed by atoms with Crippen LogP contribution in [0.15, 0.2) is 54.6 Å². The van der Waals surface area contributed by atoms with Gasteiger partial charge in [0.15, 0.2) is 0 Å². The topological polar surface area (TPSA) is 76.2 Å². The van der Waals surface area contributed by atoms with Crippen molar-refractivity contribution in [3.63, 3.8) is 0 Å². The van der Waals surface area contributed by atoms with Gasteiger partial charge < -0.3 is 9.47 Å². The Bertz CT molecular complexity index is 891. The van der Waals surface area contributed by atoms with E-state index in [1.165, 1.54) is 5.56 Å². The van der Waals surface area contributed by atoms with Gasteiger partial charge in [-0.15, -0.1) is 5.10 Å².